The standard InChI is InChI=1S/C7H8BrN3/c8-7-5-1-2-9-3-6(5)10-4-11-7/h4,9H,1-3H2. The number of nitrogens with one attached hydrogen (secondary N) is 1. The summed E-state index contributed by atoms with van der Waals surface area (Å²) in [5.74, 6) is 0. The molecule has 0 bridgehead atoms. The van der Waals surface area contributed by atoms with Crippen molar-refractivity contribution in [3.8, 4) is 0 Å². The van der Waals surface area contributed by atoms with Crippen LogP contribution >= 0.6 is 15.9 Å². The Morgan fingerprint density at radius 3 is 3.18 bits per heavy atom. The Hall–Kier alpha value is -0.480. The zero-order chi connectivity index (χ0) is 7.68. The zero-order valence-electron chi connectivity index (χ0n) is 5.97. The SMILES string of the molecule is Brc1ncnc2c1CCNC2. The summed E-state index contributed by atoms with van der Waals surface area (Å²) in [6.07, 6.45) is 2.62. The minimum absolute atomic E-state index is 0.871. The molecule has 2 rings (SSSR count). The number of rotatable bonds is 0. The smallest absolute Gasteiger partial charge is 0.117 e. The zero-order valence-corrected chi connectivity index (χ0v) is 7.56. The Labute approximate surface area is 73.4 Å². The predicted molar refractivity (Wildman–Crippen MR) is 45.1 cm³/mol. The lowest BCUT2D eigenvalue weighted by Gasteiger charge is -2.15. The highest BCUT2D eigenvalue weighted by atomic mass is 79.9. The molecule has 1 aromatic heterocycles. The molecule has 0 amide bonds. The molecule has 58 valence electrons. The van der Waals surface area contributed by atoms with Crippen molar-refractivity contribution < 1.29 is 0 Å². The van der Waals surface area contributed by atoms with Crippen molar-refractivity contribution in [3.63, 3.8) is 0 Å². The molecule has 0 aromatic carbocycles. The van der Waals surface area contributed by atoms with Gasteiger partial charge in [-0.3, -0.25) is 0 Å². The Morgan fingerprint density at radius 1 is 1.45 bits per heavy atom. The number of fused-ring (bicyclic) bond motifs is 1. The Kier molecular flexibility index (Phi) is 1.87. The first kappa shape index (κ1) is 7.18. The molecule has 0 radical (unpaired) electrons. The maximum atomic E-state index is 4.18. The van der Waals surface area contributed by atoms with Crippen LogP contribution in [0, 0.1) is 0 Å². The molecule has 11 heavy (non-hydrogen) atoms. The van der Waals surface area contributed by atoms with E-state index >= 15 is 0 Å². The van der Waals surface area contributed by atoms with Crippen LogP contribution < -0.4 is 5.32 Å². The highest BCUT2D eigenvalue weighted by Gasteiger charge is 2.12. The van der Waals surface area contributed by atoms with Crippen molar-refractivity contribution in [2.24, 2.45) is 0 Å². The normalized spacial score (nSPS) is 16.1. The molecule has 1 N–H and O–H groups in total. The maximum absolute atomic E-state index is 4.18. The van der Waals surface area contributed by atoms with Crippen LogP contribution in [0.15, 0.2) is 10.9 Å². The van der Waals surface area contributed by atoms with E-state index in [0.717, 1.165) is 29.8 Å². The van der Waals surface area contributed by atoms with Crippen molar-refractivity contribution in [1.82, 2.24) is 15.3 Å². The van der Waals surface area contributed by atoms with Crippen LogP contribution in [-0.4, -0.2) is 16.5 Å². The number of halogens is 1. The fourth-order valence-electron chi connectivity index (χ4n) is 1.24. The third-order valence-corrected chi connectivity index (χ3v) is 2.51. The van der Waals surface area contributed by atoms with Gasteiger partial charge in [0.15, 0.2) is 0 Å². The van der Waals surface area contributed by atoms with Gasteiger partial charge < -0.3 is 5.32 Å². The second-order valence-corrected chi connectivity index (χ2v) is 3.27. The fraction of sp³-hybridized carbons (Fsp3) is 0.429. The minimum atomic E-state index is 0.871. The molecule has 0 spiro atoms. The van der Waals surface area contributed by atoms with E-state index in [2.05, 4.69) is 31.2 Å². The van der Waals surface area contributed by atoms with Crippen LogP contribution in [0.25, 0.3) is 0 Å². The lowest BCUT2D eigenvalue weighted by atomic mass is 10.1. The van der Waals surface area contributed by atoms with Crippen molar-refractivity contribution in [1.29, 1.82) is 0 Å². The van der Waals surface area contributed by atoms with E-state index in [-0.39, 0.29) is 0 Å². The number of aromatic nitrogens is 2. The summed E-state index contributed by atoms with van der Waals surface area (Å²) in [5.41, 5.74) is 2.38. The van der Waals surface area contributed by atoms with E-state index in [1.54, 1.807) is 6.33 Å². The Bertz CT molecular complexity index is 274. The van der Waals surface area contributed by atoms with Gasteiger partial charge in [-0.1, -0.05) is 0 Å². The van der Waals surface area contributed by atoms with Crippen LogP contribution in [0.5, 0.6) is 0 Å². The van der Waals surface area contributed by atoms with Gasteiger partial charge in [-0.2, -0.15) is 0 Å². The molecule has 1 aliphatic heterocycles. The van der Waals surface area contributed by atoms with Gasteiger partial charge >= 0.3 is 0 Å². The van der Waals surface area contributed by atoms with E-state index in [4.69, 9.17) is 0 Å². The van der Waals surface area contributed by atoms with Gasteiger partial charge in [0.1, 0.15) is 10.9 Å². The lowest BCUT2D eigenvalue weighted by Crippen LogP contribution is -2.25. The maximum Gasteiger partial charge on any atom is 0.117 e. The summed E-state index contributed by atoms with van der Waals surface area (Å²) in [6.45, 7) is 1.90. The molecule has 0 unspecified atom stereocenters. The molecule has 1 aromatic rings. The second kappa shape index (κ2) is 2.87. The van der Waals surface area contributed by atoms with Crippen molar-refractivity contribution >= 4 is 15.9 Å². The fourth-order valence-corrected chi connectivity index (χ4v) is 1.76. The lowest BCUT2D eigenvalue weighted by molar-refractivity contribution is 0.620. The van der Waals surface area contributed by atoms with Crippen molar-refractivity contribution in [2.45, 2.75) is 13.0 Å². The van der Waals surface area contributed by atoms with Gasteiger partial charge in [-0.15, -0.1) is 0 Å². The molecule has 2 heterocycles. The van der Waals surface area contributed by atoms with E-state index < -0.39 is 0 Å². The highest BCUT2D eigenvalue weighted by Crippen LogP contribution is 2.18. The Morgan fingerprint density at radius 2 is 2.36 bits per heavy atom. The van der Waals surface area contributed by atoms with Gasteiger partial charge in [0.2, 0.25) is 0 Å². The summed E-state index contributed by atoms with van der Waals surface area (Å²) in [7, 11) is 0. The molecule has 0 atom stereocenters. The van der Waals surface area contributed by atoms with Gasteiger partial charge in [0, 0.05) is 12.1 Å². The molecule has 0 saturated heterocycles. The van der Waals surface area contributed by atoms with E-state index in [0.29, 0.717) is 0 Å². The predicted octanol–water partition coefficient (Wildman–Crippen LogP) is 0.885. The van der Waals surface area contributed by atoms with Crippen molar-refractivity contribution in [2.75, 3.05) is 6.54 Å². The van der Waals surface area contributed by atoms with E-state index in [1.807, 2.05) is 0 Å². The van der Waals surface area contributed by atoms with Gasteiger partial charge in [-0.05, 0) is 28.9 Å². The molecule has 1 aliphatic rings. The van der Waals surface area contributed by atoms with Gasteiger partial charge in [-0.25, -0.2) is 9.97 Å². The molecular formula is C7H8BrN3. The monoisotopic (exact) mass is 213 g/mol. The van der Waals surface area contributed by atoms with Crippen LogP contribution in [0.3, 0.4) is 0 Å². The summed E-state index contributed by atoms with van der Waals surface area (Å²) >= 11 is 3.40. The van der Waals surface area contributed by atoms with Crippen LogP contribution in [0.4, 0.5) is 0 Å². The molecule has 4 heteroatoms. The van der Waals surface area contributed by atoms with Crippen LogP contribution in [-0.2, 0) is 13.0 Å². The van der Waals surface area contributed by atoms with Crippen molar-refractivity contribution in [3.05, 3.63) is 22.2 Å². The average molecular weight is 214 g/mol. The molecule has 0 fully saturated rings. The third-order valence-electron chi connectivity index (χ3n) is 1.83. The minimum Gasteiger partial charge on any atom is -0.311 e. The average Bonchev–Trinajstić information content (AvgIpc) is 2.06. The summed E-state index contributed by atoms with van der Waals surface area (Å²) in [4.78, 5) is 8.25. The summed E-state index contributed by atoms with van der Waals surface area (Å²) < 4.78 is 0.948. The van der Waals surface area contributed by atoms with E-state index in [9.17, 15) is 0 Å². The van der Waals surface area contributed by atoms with Crippen LogP contribution in [0.1, 0.15) is 11.3 Å². The quantitative estimate of drug-likeness (QED) is 0.651. The van der Waals surface area contributed by atoms with E-state index in [1.165, 1.54) is 5.56 Å². The molecule has 0 aliphatic carbocycles. The highest BCUT2D eigenvalue weighted by molar-refractivity contribution is 9.10. The molecule has 0 saturated carbocycles. The molecule has 3 nitrogen and oxygen atoms in total. The first-order valence-corrected chi connectivity index (χ1v) is 4.36. The van der Waals surface area contributed by atoms with Gasteiger partial charge in [0.05, 0.1) is 5.69 Å². The summed E-state index contributed by atoms with van der Waals surface area (Å²) in [6, 6.07) is 0. The first-order chi connectivity index (χ1) is 5.38. The third kappa shape index (κ3) is 1.28. The number of nitrogens with zero attached hydrogens (tertiary/aromatic N) is 2. The first-order valence-electron chi connectivity index (χ1n) is 3.57. The largest absolute Gasteiger partial charge is 0.311 e. The second-order valence-electron chi connectivity index (χ2n) is 2.52. The van der Waals surface area contributed by atoms with Crippen LogP contribution in [0.2, 0.25) is 0 Å². The number of hydrogen-bond acceptors (Lipinski definition) is 3. The molecular weight excluding hydrogens is 206 g/mol. The van der Waals surface area contributed by atoms with Gasteiger partial charge in [0.25, 0.3) is 0 Å². The Balaban J connectivity index is 2.49. The topological polar surface area (TPSA) is 37.8 Å². The number of hydrogen-bond donors (Lipinski definition) is 1. The summed E-state index contributed by atoms with van der Waals surface area (Å²) in [5, 5.41) is 3.26.